The van der Waals surface area contributed by atoms with Crippen LogP contribution in [0.3, 0.4) is 0 Å². The summed E-state index contributed by atoms with van der Waals surface area (Å²) in [7, 11) is 1.90. The summed E-state index contributed by atoms with van der Waals surface area (Å²) in [5, 5.41) is 4.64. The molecule has 0 spiro atoms. The molecule has 3 nitrogen and oxygen atoms in total. The van der Waals surface area contributed by atoms with Crippen molar-refractivity contribution in [2.24, 2.45) is 7.05 Å². The Bertz CT molecular complexity index is 783. The predicted octanol–water partition coefficient (Wildman–Crippen LogP) is 4.27. The number of hydrogen-bond donors (Lipinski definition) is 1. The van der Waals surface area contributed by atoms with Crippen molar-refractivity contribution in [2.45, 2.75) is 20.3 Å². The summed E-state index contributed by atoms with van der Waals surface area (Å²) in [6.07, 6.45) is 1.05. The molecule has 3 rings (SSSR count). The summed E-state index contributed by atoms with van der Waals surface area (Å²) in [5.41, 5.74) is 10.6. The van der Waals surface area contributed by atoms with E-state index in [4.69, 9.17) is 5.73 Å². The first-order valence-corrected chi connectivity index (χ1v) is 7.90. The Kier molecular flexibility index (Phi) is 3.55. The van der Waals surface area contributed by atoms with Gasteiger partial charge >= 0.3 is 0 Å². The van der Waals surface area contributed by atoms with Gasteiger partial charge in [-0.05, 0) is 31.0 Å². The summed E-state index contributed by atoms with van der Waals surface area (Å²) in [6, 6.07) is 12.7. The number of rotatable bonds is 3. The predicted molar refractivity (Wildman–Crippen MR) is 90.5 cm³/mol. The van der Waals surface area contributed by atoms with Crippen LogP contribution in [0.5, 0.6) is 0 Å². The molecule has 1 aromatic carbocycles. The molecule has 3 aromatic rings. The average molecular weight is 297 g/mol. The van der Waals surface area contributed by atoms with Crippen LogP contribution < -0.4 is 5.73 Å². The van der Waals surface area contributed by atoms with E-state index in [1.807, 2.05) is 7.05 Å². The first kappa shape index (κ1) is 13.9. The Labute approximate surface area is 129 Å². The highest BCUT2D eigenvalue weighted by Gasteiger charge is 2.18. The first-order valence-electron chi connectivity index (χ1n) is 7.08. The van der Waals surface area contributed by atoms with Gasteiger partial charge in [-0.1, -0.05) is 36.8 Å². The van der Waals surface area contributed by atoms with Crippen molar-refractivity contribution < 1.29 is 0 Å². The molecule has 21 heavy (non-hydrogen) atoms. The molecule has 0 fully saturated rings. The molecule has 2 N–H and O–H groups in total. The van der Waals surface area contributed by atoms with Gasteiger partial charge in [0.1, 0.15) is 11.5 Å². The molecular weight excluding hydrogens is 278 g/mol. The number of hydrogen-bond acceptors (Lipinski definition) is 3. The minimum Gasteiger partial charge on any atom is -0.383 e. The molecule has 108 valence electrons. The van der Waals surface area contributed by atoms with Crippen LogP contribution in [-0.2, 0) is 13.5 Å². The second kappa shape index (κ2) is 5.37. The summed E-state index contributed by atoms with van der Waals surface area (Å²) in [4.78, 5) is 2.54. The SMILES string of the molecule is CCc1ccc(-c2nn(C)c(N)c2-c2cccc(C)c2)s1. The number of nitrogens with two attached hydrogens (primary N) is 1. The van der Waals surface area contributed by atoms with E-state index in [2.05, 4.69) is 55.3 Å². The lowest BCUT2D eigenvalue weighted by Crippen LogP contribution is -1.98. The zero-order valence-electron chi connectivity index (χ0n) is 12.6. The highest BCUT2D eigenvalue weighted by molar-refractivity contribution is 7.15. The summed E-state index contributed by atoms with van der Waals surface area (Å²) >= 11 is 1.79. The maximum atomic E-state index is 6.27. The Morgan fingerprint density at radius 2 is 2.05 bits per heavy atom. The van der Waals surface area contributed by atoms with Crippen molar-refractivity contribution in [2.75, 3.05) is 5.73 Å². The minimum atomic E-state index is 0.710. The van der Waals surface area contributed by atoms with Crippen LogP contribution in [0.2, 0.25) is 0 Å². The molecule has 2 heterocycles. The van der Waals surface area contributed by atoms with Crippen LogP contribution in [0.25, 0.3) is 21.7 Å². The van der Waals surface area contributed by atoms with Gasteiger partial charge in [0.25, 0.3) is 0 Å². The topological polar surface area (TPSA) is 43.8 Å². The van der Waals surface area contributed by atoms with Crippen molar-refractivity contribution in [1.29, 1.82) is 0 Å². The fourth-order valence-corrected chi connectivity index (χ4v) is 3.43. The van der Waals surface area contributed by atoms with Gasteiger partial charge in [-0.2, -0.15) is 5.10 Å². The second-order valence-corrected chi connectivity index (χ2v) is 6.39. The number of aromatic nitrogens is 2. The van der Waals surface area contributed by atoms with Crippen molar-refractivity contribution in [3.05, 3.63) is 46.8 Å². The molecule has 0 radical (unpaired) electrons. The maximum Gasteiger partial charge on any atom is 0.129 e. The number of benzene rings is 1. The quantitative estimate of drug-likeness (QED) is 0.784. The third-order valence-corrected chi connectivity index (χ3v) is 4.88. The van der Waals surface area contributed by atoms with E-state index in [9.17, 15) is 0 Å². The highest BCUT2D eigenvalue weighted by Crippen LogP contribution is 2.39. The van der Waals surface area contributed by atoms with Crippen LogP contribution in [0.15, 0.2) is 36.4 Å². The molecule has 2 aromatic heterocycles. The van der Waals surface area contributed by atoms with Gasteiger partial charge in [0.15, 0.2) is 0 Å². The van der Waals surface area contributed by atoms with Gasteiger partial charge in [-0.25, -0.2) is 0 Å². The van der Waals surface area contributed by atoms with Gasteiger partial charge in [0.2, 0.25) is 0 Å². The second-order valence-electron chi connectivity index (χ2n) is 5.22. The Morgan fingerprint density at radius 1 is 1.24 bits per heavy atom. The number of nitrogen functional groups attached to an aromatic ring is 1. The largest absolute Gasteiger partial charge is 0.383 e. The highest BCUT2D eigenvalue weighted by atomic mass is 32.1. The van der Waals surface area contributed by atoms with Gasteiger partial charge in [-0.3, -0.25) is 4.68 Å². The molecule has 0 aliphatic heterocycles. The van der Waals surface area contributed by atoms with E-state index in [0.717, 1.165) is 23.2 Å². The number of thiophene rings is 1. The molecule has 0 aliphatic carbocycles. The third kappa shape index (κ3) is 2.47. The zero-order valence-corrected chi connectivity index (χ0v) is 13.4. The fraction of sp³-hybridized carbons (Fsp3) is 0.235. The monoisotopic (exact) mass is 297 g/mol. The standard InChI is InChI=1S/C17H19N3S/c1-4-13-8-9-14(21-13)16-15(17(18)20(3)19-16)12-7-5-6-11(2)10-12/h5-10H,4,18H2,1-3H3. The van der Waals surface area contributed by atoms with Crippen molar-refractivity contribution >= 4 is 17.2 Å². The Balaban J connectivity index is 2.20. The summed E-state index contributed by atoms with van der Waals surface area (Å²) < 4.78 is 1.76. The molecule has 0 atom stereocenters. The van der Waals surface area contributed by atoms with Gasteiger partial charge in [0, 0.05) is 11.9 Å². The van der Waals surface area contributed by atoms with Crippen LogP contribution in [0.4, 0.5) is 5.82 Å². The number of nitrogens with zero attached hydrogens (tertiary/aromatic N) is 2. The lowest BCUT2D eigenvalue weighted by molar-refractivity contribution is 0.783. The minimum absolute atomic E-state index is 0.710. The fourth-order valence-electron chi connectivity index (χ4n) is 2.49. The van der Waals surface area contributed by atoms with E-state index in [-0.39, 0.29) is 0 Å². The molecule has 0 amide bonds. The van der Waals surface area contributed by atoms with Gasteiger partial charge < -0.3 is 5.73 Å². The summed E-state index contributed by atoms with van der Waals surface area (Å²) in [5.74, 6) is 0.710. The van der Waals surface area contributed by atoms with E-state index in [1.165, 1.54) is 15.3 Å². The zero-order chi connectivity index (χ0) is 15.0. The van der Waals surface area contributed by atoms with Crippen molar-refractivity contribution in [3.8, 4) is 21.7 Å². The van der Waals surface area contributed by atoms with E-state index in [1.54, 1.807) is 16.0 Å². The van der Waals surface area contributed by atoms with E-state index in [0.29, 0.717) is 5.82 Å². The Morgan fingerprint density at radius 3 is 2.71 bits per heavy atom. The van der Waals surface area contributed by atoms with Gasteiger partial charge in [-0.15, -0.1) is 11.3 Å². The lowest BCUT2D eigenvalue weighted by atomic mass is 10.0. The van der Waals surface area contributed by atoms with Crippen LogP contribution in [0.1, 0.15) is 17.4 Å². The normalized spacial score (nSPS) is 11.0. The van der Waals surface area contributed by atoms with Crippen LogP contribution >= 0.6 is 11.3 Å². The molecule has 0 unspecified atom stereocenters. The number of aryl methyl sites for hydroxylation is 3. The first-order chi connectivity index (χ1) is 10.1. The molecule has 0 aliphatic rings. The molecule has 0 bridgehead atoms. The van der Waals surface area contributed by atoms with E-state index >= 15 is 0 Å². The van der Waals surface area contributed by atoms with Crippen LogP contribution in [-0.4, -0.2) is 9.78 Å². The smallest absolute Gasteiger partial charge is 0.129 e. The molecule has 0 saturated heterocycles. The average Bonchev–Trinajstić information content (AvgIpc) is 3.05. The molecular formula is C17H19N3S. The maximum absolute atomic E-state index is 6.27. The number of anilines is 1. The van der Waals surface area contributed by atoms with Gasteiger partial charge in [0.05, 0.1) is 10.4 Å². The third-order valence-electron chi connectivity index (χ3n) is 3.64. The van der Waals surface area contributed by atoms with Crippen molar-refractivity contribution in [1.82, 2.24) is 9.78 Å². The summed E-state index contributed by atoms with van der Waals surface area (Å²) in [6.45, 7) is 4.26. The van der Waals surface area contributed by atoms with E-state index < -0.39 is 0 Å². The van der Waals surface area contributed by atoms with Crippen LogP contribution in [0, 0.1) is 6.92 Å². The molecule has 4 heteroatoms. The molecule has 0 saturated carbocycles. The Hall–Kier alpha value is -2.07. The lowest BCUT2D eigenvalue weighted by Gasteiger charge is -2.04. The van der Waals surface area contributed by atoms with Crippen molar-refractivity contribution in [3.63, 3.8) is 0 Å².